The van der Waals surface area contributed by atoms with Crippen LogP contribution in [0.25, 0.3) is 0 Å². The molecule has 0 amide bonds. The molecule has 0 aromatic heterocycles. The number of aliphatic imine (C=N–C) groups is 1. The second kappa shape index (κ2) is 11.0. The Bertz CT molecular complexity index is 887. The van der Waals surface area contributed by atoms with Crippen LogP contribution in [0.15, 0.2) is 47.5 Å². The van der Waals surface area contributed by atoms with Crippen molar-refractivity contribution < 1.29 is 19.3 Å². The predicted molar refractivity (Wildman–Crippen MR) is 122 cm³/mol. The average Bonchev–Trinajstić information content (AvgIpc) is 2.81. The van der Waals surface area contributed by atoms with E-state index >= 15 is 0 Å². The Morgan fingerprint density at radius 2 is 2.06 bits per heavy atom. The molecule has 0 bridgehead atoms. The molecule has 31 heavy (non-hydrogen) atoms. The summed E-state index contributed by atoms with van der Waals surface area (Å²) in [5.41, 5.74) is 3.07. The van der Waals surface area contributed by atoms with Gasteiger partial charge in [0.25, 0.3) is 0 Å². The van der Waals surface area contributed by atoms with Gasteiger partial charge in [0.2, 0.25) is 0 Å². The van der Waals surface area contributed by atoms with Crippen molar-refractivity contribution in [2.75, 3.05) is 47.0 Å². The van der Waals surface area contributed by atoms with Crippen molar-refractivity contribution in [1.29, 1.82) is 0 Å². The quantitative estimate of drug-likeness (QED) is 0.523. The smallest absolute Gasteiger partial charge is 0.194 e. The minimum Gasteiger partial charge on any atom is -0.497 e. The molecule has 2 aromatic carbocycles. The van der Waals surface area contributed by atoms with E-state index in [1.807, 2.05) is 25.1 Å². The summed E-state index contributed by atoms with van der Waals surface area (Å²) in [5, 5.41) is 14.2. The van der Waals surface area contributed by atoms with Gasteiger partial charge < -0.3 is 29.5 Å². The van der Waals surface area contributed by atoms with Crippen LogP contribution in [0.2, 0.25) is 0 Å². The Hall–Kier alpha value is -2.77. The molecule has 0 radical (unpaired) electrons. The van der Waals surface area contributed by atoms with Crippen molar-refractivity contribution in [3.05, 3.63) is 59.2 Å². The summed E-state index contributed by atoms with van der Waals surface area (Å²) < 4.78 is 16.7. The van der Waals surface area contributed by atoms with Crippen LogP contribution < -0.4 is 14.8 Å². The molecule has 0 aliphatic carbocycles. The Morgan fingerprint density at radius 3 is 2.77 bits per heavy atom. The fraction of sp³-hybridized carbons (Fsp3) is 0.458. The number of nitrogens with zero attached hydrogens (tertiary/aromatic N) is 2. The molecule has 1 saturated heterocycles. The molecule has 2 unspecified atom stereocenters. The van der Waals surface area contributed by atoms with Gasteiger partial charge in [0.1, 0.15) is 23.7 Å². The highest BCUT2D eigenvalue weighted by atomic mass is 16.5. The maximum Gasteiger partial charge on any atom is 0.194 e. The van der Waals surface area contributed by atoms with Crippen molar-refractivity contribution >= 4 is 5.96 Å². The highest BCUT2D eigenvalue weighted by molar-refractivity contribution is 5.80. The van der Waals surface area contributed by atoms with E-state index in [2.05, 4.69) is 29.3 Å². The summed E-state index contributed by atoms with van der Waals surface area (Å²) in [6.07, 6.45) is -0.825. The van der Waals surface area contributed by atoms with Crippen LogP contribution in [-0.2, 0) is 4.74 Å². The molecule has 168 valence electrons. The molecule has 7 nitrogen and oxygen atoms in total. The Morgan fingerprint density at radius 1 is 1.26 bits per heavy atom. The minimum absolute atomic E-state index is 0.0118. The van der Waals surface area contributed by atoms with Crippen LogP contribution in [0, 0.1) is 6.92 Å². The first kappa shape index (κ1) is 22.9. The highest BCUT2D eigenvalue weighted by Gasteiger charge is 2.25. The number of hydrogen-bond donors (Lipinski definition) is 2. The van der Waals surface area contributed by atoms with E-state index in [1.54, 1.807) is 26.4 Å². The summed E-state index contributed by atoms with van der Waals surface area (Å²) in [6, 6.07) is 13.7. The lowest BCUT2D eigenvalue weighted by atomic mass is 10.0. The molecule has 3 rings (SSSR count). The zero-order valence-electron chi connectivity index (χ0n) is 18.8. The lowest BCUT2D eigenvalue weighted by molar-refractivity contribution is -0.00839. The number of guanidine groups is 1. The van der Waals surface area contributed by atoms with Crippen LogP contribution in [0.5, 0.6) is 11.5 Å². The fourth-order valence-electron chi connectivity index (χ4n) is 3.77. The predicted octanol–water partition coefficient (Wildman–Crippen LogP) is 3.08. The van der Waals surface area contributed by atoms with E-state index in [0.717, 1.165) is 19.0 Å². The second-order valence-corrected chi connectivity index (χ2v) is 7.48. The number of aliphatic hydroxyl groups excluding tert-OH is 1. The van der Waals surface area contributed by atoms with E-state index < -0.39 is 6.10 Å². The van der Waals surface area contributed by atoms with E-state index in [9.17, 15) is 5.11 Å². The molecule has 7 heteroatoms. The number of morpholine rings is 1. The van der Waals surface area contributed by atoms with Crippen molar-refractivity contribution in [2.45, 2.75) is 26.1 Å². The van der Waals surface area contributed by atoms with Gasteiger partial charge in [-0.15, -0.1) is 0 Å². The van der Waals surface area contributed by atoms with Gasteiger partial charge >= 0.3 is 0 Å². The molecular weight excluding hydrogens is 394 g/mol. The maximum absolute atomic E-state index is 10.8. The summed E-state index contributed by atoms with van der Waals surface area (Å²) in [4.78, 5) is 6.92. The minimum atomic E-state index is -0.813. The monoisotopic (exact) mass is 427 g/mol. The first-order valence-corrected chi connectivity index (χ1v) is 10.7. The Labute approximate surface area is 184 Å². The number of rotatable bonds is 7. The number of hydrogen-bond acceptors (Lipinski definition) is 5. The van der Waals surface area contributed by atoms with Crippen molar-refractivity contribution in [3.63, 3.8) is 0 Å². The molecule has 2 N–H and O–H groups in total. The number of methoxy groups -OCH3 is 2. The topological polar surface area (TPSA) is 75.6 Å². The summed E-state index contributed by atoms with van der Waals surface area (Å²) in [5.74, 6) is 2.05. The van der Waals surface area contributed by atoms with Gasteiger partial charge in [0.15, 0.2) is 5.96 Å². The van der Waals surface area contributed by atoms with Crippen LogP contribution >= 0.6 is 0 Å². The lowest BCUT2D eigenvalue weighted by Crippen LogP contribution is -2.48. The third-order valence-corrected chi connectivity index (χ3v) is 5.45. The number of nitrogens with one attached hydrogen (secondary N) is 1. The van der Waals surface area contributed by atoms with E-state index in [4.69, 9.17) is 19.2 Å². The summed E-state index contributed by atoms with van der Waals surface area (Å²) in [6.45, 7) is 7.16. The van der Waals surface area contributed by atoms with E-state index in [-0.39, 0.29) is 12.6 Å². The Balaban J connectivity index is 1.76. The third-order valence-electron chi connectivity index (χ3n) is 5.45. The number of benzene rings is 2. The summed E-state index contributed by atoms with van der Waals surface area (Å²) >= 11 is 0. The normalized spacial score (nSPS) is 17.9. The first-order valence-electron chi connectivity index (χ1n) is 10.7. The molecule has 1 fully saturated rings. The molecule has 0 saturated carbocycles. The van der Waals surface area contributed by atoms with Gasteiger partial charge in [-0.3, -0.25) is 4.99 Å². The van der Waals surface area contributed by atoms with Crippen LogP contribution in [0.1, 0.15) is 35.8 Å². The number of aliphatic hydroxyl groups is 1. The molecule has 0 spiro atoms. The SMILES string of the molecule is CCNC(=NCC(O)c1cc(OC)ccc1OC)N1CCOC(c2ccccc2C)C1. The van der Waals surface area contributed by atoms with Gasteiger partial charge in [-0.05, 0) is 43.2 Å². The van der Waals surface area contributed by atoms with Crippen molar-refractivity contribution in [3.8, 4) is 11.5 Å². The largest absolute Gasteiger partial charge is 0.497 e. The summed E-state index contributed by atoms with van der Waals surface area (Å²) in [7, 11) is 3.19. The molecule has 2 aromatic rings. The maximum atomic E-state index is 10.8. The Kier molecular flexibility index (Phi) is 8.14. The highest BCUT2D eigenvalue weighted by Crippen LogP contribution is 2.30. The van der Waals surface area contributed by atoms with Gasteiger partial charge in [0, 0.05) is 18.7 Å². The fourth-order valence-corrected chi connectivity index (χ4v) is 3.77. The van der Waals surface area contributed by atoms with Crippen LogP contribution in [0.3, 0.4) is 0 Å². The van der Waals surface area contributed by atoms with Gasteiger partial charge in [-0.25, -0.2) is 0 Å². The molecule has 1 aliphatic rings. The van der Waals surface area contributed by atoms with Gasteiger partial charge in [-0.1, -0.05) is 24.3 Å². The molecule has 1 aliphatic heterocycles. The standard InChI is InChI=1S/C24H33N3O4/c1-5-25-24(26-15-21(28)20-14-18(29-3)10-11-22(20)30-4)27-12-13-31-23(16-27)19-9-7-6-8-17(19)2/h6-11,14,21,23,28H,5,12-13,15-16H2,1-4H3,(H,25,26). The number of aryl methyl sites for hydroxylation is 1. The molecule has 1 heterocycles. The van der Waals surface area contributed by atoms with Gasteiger partial charge in [-0.2, -0.15) is 0 Å². The average molecular weight is 428 g/mol. The number of ether oxygens (including phenoxy) is 3. The van der Waals surface area contributed by atoms with Crippen molar-refractivity contribution in [2.24, 2.45) is 4.99 Å². The van der Waals surface area contributed by atoms with Gasteiger partial charge in [0.05, 0.1) is 33.9 Å². The molecule has 2 atom stereocenters. The second-order valence-electron chi connectivity index (χ2n) is 7.48. The lowest BCUT2D eigenvalue weighted by Gasteiger charge is -2.36. The van der Waals surface area contributed by atoms with Crippen LogP contribution in [0.4, 0.5) is 0 Å². The van der Waals surface area contributed by atoms with E-state index in [1.165, 1.54) is 11.1 Å². The third kappa shape index (κ3) is 5.68. The first-order chi connectivity index (χ1) is 15.1. The van der Waals surface area contributed by atoms with Crippen molar-refractivity contribution in [1.82, 2.24) is 10.2 Å². The molecular formula is C24H33N3O4. The zero-order valence-corrected chi connectivity index (χ0v) is 18.8. The zero-order chi connectivity index (χ0) is 22.2. The van der Waals surface area contributed by atoms with Crippen LogP contribution in [-0.4, -0.2) is 63.0 Å². The van der Waals surface area contributed by atoms with E-state index in [0.29, 0.717) is 30.2 Å².